The molecule has 2 fully saturated rings. The first-order valence-electron chi connectivity index (χ1n) is 8.42. The van der Waals surface area contributed by atoms with Gasteiger partial charge in [-0.1, -0.05) is 6.92 Å². The molecule has 4 heteroatoms. The predicted molar refractivity (Wildman–Crippen MR) is 86.5 cm³/mol. The van der Waals surface area contributed by atoms with Gasteiger partial charge in [-0.25, -0.2) is 9.97 Å². The third-order valence-corrected chi connectivity index (χ3v) is 5.08. The van der Waals surface area contributed by atoms with Gasteiger partial charge in [0.15, 0.2) is 0 Å². The molecule has 0 aromatic carbocycles. The molecule has 0 amide bonds. The smallest absolute Gasteiger partial charge is 0.225 e. The van der Waals surface area contributed by atoms with Gasteiger partial charge in [0.2, 0.25) is 5.95 Å². The van der Waals surface area contributed by atoms with Gasteiger partial charge in [-0.2, -0.15) is 0 Å². The molecule has 116 valence electrons. The zero-order valence-electron chi connectivity index (χ0n) is 13.6. The minimum absolute atomic E-state index is 0.607. The summed E-state index contributed by atoms with van der Waals surface area (Å²) in [6.45, 7) is 5.37. The average molecular weight is 288 g/mol. The molecule has 1 N–H and O–H groups in total. The summed E-state index contributed by atoms with van der Waals surface area (Å²) in [5.74, 6) is 1.77. The number of anilines is 1. The summed E-state index contributed by atoms with van der Waals surface area (Å²) in [5, 5.41) is 3.54. The summed E-state index contributed by atoms with van der Waals surface area (Å²) in [6, 6.07) is 1.34. The van der Waals surface area contributed by atoms with Crippen LogP contribution in [-0.2, 0) is 6.54 Å². The fourth-order valence-corrected chi connectivity index (χ4v) is 3.16. The van der Waals surface area contributed by atoms with E-state index in [2.05, 4.69) is 36.1 Å². The molecule has 0 aliphatic heterocycles. The molecule has 1 aromatic rings. The van der Waals surface area contributed by atoms with Crippen molar-refractivity contribution in [3.05, 3.63) is 17.5 Å². The van der Waals surface area contributed by atoms with E-state index in [4.69, 9.17) is 4.98 Å². The maximum absolute atomic E-state index is 4.74. The SMILES string of the molecule is Cc1nc(N(C)C2CCC(C)CC2)ncc1CNC1CC1. The maximum atomic E-state index is 4.74. The van der Waals surface area contributed by atoms with Crippen molar-refractivity contribution in [1.82, 2.24) is 15.3 Å². The van der Waals surface area contributed by atoms with Crippen LogP contribution in [0, 0.1) is 12.8 Å². The molecule has 21 heavy (non-hydrogen) atoms. The Kier molecular flexibility index (Phi) is 4.43. The Morgan fingerprint density at radius 3 is 2.52 bits per heavy atom. The number of rotatable bonds is 5. The Morgan fingerprint density at radius 1 is 1.19 bits per heavy atom. The molecular formula is C17H28N4. The van der Waals surface area contributed by atoms with Gasteiger partial charge >= 0.3 is 0 Å². The highest BCUT2D eigenvalue weighted by Gasteiger charge is 2.24. The Bertz CT molecular complexity index is 476. The van der Waals surface area contributed by atoms with E-state index < -0.39 is 0 Å². The second-order valence-electron chi connectivity index (χ2n) is 6.96. The highest BCUT2D eigenvalue weighted by atomic mass is 15.3. The van der Waals surface area contributed by atoms with Crippen molar-refractivity contribution in [3.8, 4) is 0 Å². The van der Waals surface area contributed by atoms with Crippen molar-refractivity contribution < 1.29 is 0 Å². The first-order chi connectivity index (χ1) is 10.1. The van der Waals surface area contributed by atoms with Crippen LogP contribution in [0.2, 0.25) is 0 Å². The van der Waals surface area contributed by atoms with Gasteiger partial charge in [0.05, 0.1) is 0 Å². The van der Waals surface area contributed by atoms with Crippen molar-refractivity contribution in [1.29, 1.82) is 0 Å². The molecule has 3 rings (SSSR count). The molecule has 0 bridgehead atoms. The molecule has 2 aliphatic carbocycles. The van der Waals surface area contributed by atoms with Gasteiger partial charge in [-0.3, -0.25) is 0 Å². The summed E-state index contributed by atoms with van der Waals surface area (Å²) in [5.41, 5.74) is 2.35. The van der Waals surface area contributed by atoms with Crippen LogP contribution in [-0.4, -0.2) is 29.1 Å². The minimum Gasteiger partial charge on any atom is -0.341 e. The van der Waals surface area contributed by atoms with E-state index >= 15 is 0 Å². The third kappa shape index (κ3) is 3.73. The summed E-state index contributed by atoms with van der Waals surface area (Å²) >= 11 is 0. The van der Waals surface area contributed by atoms with E-state index in [0.717, 1.165) is 30.1 Å². The molecule has 4 nitrogen and oxygen atoms in total. The molecule has 2 aliphatic rings. The molecular weight excluding hydrogens is 260 g/mol. The lowest BCUT2D eigenvalue weighted by atomic mass is 9.87. The van der Waals surface area contributed by atoms with Crippen molar-refractivity contribution in [2.75, 3.05) is 11.9 Å². The molecule has 1 heterocycles. The fourth-order valence-electron chi connectivity index (χ4n) is 3.16. The van der Waals surface area contributed by atoms with Crippen molar-refractivity contribution in [2.45, 2.75) is 71.0 Å². The van der Waals surface area contributed by atoms with Crippen LogP contribution in [0.3, 0.4) is 0 Å². The molecule has 0 saturated heterocycles. The van der Waals surface area contributed by atoms with Gasteiger partial charge in [0, 0.05) is 43.1 Å². The summed E-state index contributed by atoms with van der Waals surface area (Å²) in [4.78, 5) is 11.6. The van der Waals surface area contributed by atoms with Crippen LogP contribution in [0.25, 0.3) is 0 Å². The van der Waals surface area contributed by atoms with E-state index in [0.29, 0.717) is 6.04 Å². The lowest BCUT2D eigenvalue weighted by molar-refractivity contribution is 0.339. The van der Waals surface area contributed by atoms with Crippen LogP contribution >= 0.6 is 0 Å². The Labute approximate surface area is 128 Å². The van der Waals surface area contributed by atoms with Crippen molar-refractivity contribution in [2.24, 2.45) is 5.92 Å². The molecule has 0 atom stereocenters. The van der Waals surface area contributed by atoms with E-state index in [1.54, 1.807) is 0 Å². The normalized spacial score (nSPS) is 25.9. The Balaban J connectivity index is 1.62. The second kappa shape index (κ2) is 6.30. The monoisotopic (exact) mass is 288 g/mol. The van der Waals surface area contributed by atoms with Gasteiger partial charge in [0.25, 0.3) is 0 Å². The number of hydrogen-bond donors (Lipinski definition) is 1. The van der Waals surface area contributed by atoms with E-state index in [1.807, 2.05) is 6.20 Å². The number of nitrogens with zero attached hydrogens (tertiary/aromatic N) is 3. The van der Waals surface area contributed by atoms with Gasteiger partial charge in [-0.15, -0.1) is 0 Å². The minimum atomic E-state index is 0.607. The van der Waals surface area contributed by atoms with Crippen LogP contribution in [0.1, 0.15) is 56.7 Å². The van der Waals surface area contributed by atoms with Gasteiger partial charge in [0.1, 0.15) is 0 Å². The topological polar surface area (TPSA) is 41.1 Å². The Morgan fingerprint density at radius 2 is 1.90 bits per heavy atom. The van der Waals surface area contributed by atoms with E-state index in [1.165, 1.54) is 44.1 Å². The zero-order valence-corrected chi connectivity index (χ0v) is 13.6. The lowest BCUT2D eigenvalue weighted by Gasteiger charge is -2.33. The standard InChI is InChI=1S/C17H28N4/c1-12-4-8-16(9-5-12)21(3)17-19-11-14(13(2)20-17)10-18-15-6-7-15/h11-12,15-16,18H,4-10H2,1-3H3. The predicted octanol–water partition coefficient (Wildman–Crippen LogP) is 3.05. The van der Waals surface area contributed by atoms with E-state index in [-0.39, 0.29) is 0 Å². The Hall–Kier alpha value is -1.16. The molecule has 0 radical (unpaired) electrons. The largest absolute Gasteiger partial charge is 0.341 e. The second-order valence-corrected chi connectivity index (χ2v) is 6.96. The first-order valence-corrected chi connectivity index (χ1v) is 8.42. The maximum Gasteiger partial charge on any atom is 0.225 e. The van der Waals surface area contributed by atoms with Crippen LogP contribution in [0.5, 0.6) is 0 Å². The van der Waals surface area contributed by atoms with Crippen LogP contribution in [0.15, 0.2) is 6.20 Å². The molecule has 1 aromatic heterocycles. The van der Waals surface area contributed by atoms with Crippen LogP contribution in [0.4, 0.5) is 5.95 Å². The number of aryl methyl sites for hydroxylation is 1. The van der Waals surface area contributed by atoms with Crippen molar-refractivity contribution in [3.63, 3.8) is 0 Å². The summed E-state index contributed by atoms with van der Waals surface area (Å²) < 4.78 is 0. The quantitative estimate of drug-likeness (QED) is 0.904. The first kappa shape index (κ1) is 14.8. The molecule has 0 unspecified atom stereocenters. The van der Waals surface area contributed by atoms with Crippen molar-refractivity contribution >= 4 is 5.95 Å². The van der Waals surface area contributed by atoms with Crippen LogP contribution < -0.4 is 10.2 Å². The fraction of sp³-hybridized carbons (Fsp3) is 0.765. The highest BCUT2D eigenvalue weighted by molar-refractivity contribution is 5.33. The zero-order chi connectivity index (χ0) is 14.8. The third-order valence-electron chi connectivity index (χ3n) is 5.08. The number of nitrogens with one attached hydrogen (secondary N) is 1. The molecule has 0 spiro atoms. The summed E-state index contributed by atoms with van der Waals surface area (Å²) in [6.07, 6.45) is 9.85. The lowest BCUT2D eigenvalue weighted by Crippen LogP contribution is -2.36. The summed E-state index contributed by atoms with van der Waals surface area (Å²) in [7, 11) is 2.15. The van der Waals surface area contributed by atoms with Gasteiger partial charge in [-0.05, 0) is 51.4 Å². The highest BCUT2D eigenvalue weighted by Crippen LogP contribution is 2.28. The molecule has 2 saturated carbocycles. The van der Waals surface area contributed by atoms with E-state index in [9.17, 15) is 0 Å². The number of hydrogen-bond acceptors (Lipinski definition) is 4. The van der Waals surface area contributed by atoms with Gasteiger partial charge < -0.3 is 10.2 Å². The average Bonchev–Trinajstić information content (AvgIpc) is 3.30. The number of aromatic nitrogens is 2.